The third kappa shape index (κ3) is 4.30. The molecule has 0 radical (unpaired) electrons. The quantitative estimate of drug-likeness (QED) is 0.474. The van der Waals surface area contributed by atoms with Crippen molar-refractivity contribution in [2.45, 2.75) is 19.0 Å². The highest BCUT2D eigenvalue weighted by atomic mass is 14.9. The van der Waals surface area contributed by atoms with Gasteiger partial charge in [-0.15, -0.1) is 0 Å². The van der Waals surface area contributed by atoms with Crippen LogP contribution in [-0.4, -0.2) is 12.6 Å². The van der Waals surface area contributed by atoms with Crippen molar-refractivity contribution < 1.29 is 0 Å². The van der Waals surface area contributed by atoms with Gasteiger partial charge >= 0.3 is 0 Å². The van der Waals surface area contributed by atoms with Crippen LogP contribution in [0, 0.1) is 0 Å². The summed E-state index contributed by atoms with van der Waals surface area (Å²) in [5, 5.41) is 6.23. The predicted octanol–water partition coefficient (Wildman–Crippen LogP) is 5.17. The van der Waals surface area contributed by atoms with Crippen LogP contribution in [0.15, 0.2) is 97.1 Å². The number of hydrogen-bond donors (Lipinski definition) is 2. The second kappa shape index (κ2) is 8.83. The summed E-state index contributed by atoms with van der Waals surface area (Å²) in [5.74, 6) is 0. The molecule has 1 atom stereocenters. The summed E-state index contributed by atoms with van der Waals surface area (Å²) in [7, 11) is 0. The Morgan fingerprint density at radius 2 is 1.36 bits per heavy atom. The summed E-state index contributed by atoms with van der Waals surface area (Å²) in [5.41, 5.74) is 11.2. The Morgan fingerprint density at radius 3 is 2.14 bits per heavy atom. The van der Waals surface area contributed by atoms with Crippen LogP contribution < -0.4 is 11.1 Å². The van der Waals surface area contributed by atoms with E-state index >= 15 is 0 Å². The molecule has 0 aliphatic rings. The molecule has 0 saturated heterocycles. The lowest BCUT2D eigenvalue weighted by Crippen LogP contribution is -2.37. The van der Waals surface area contributed by atoms with Crippen LogP contribution in [0.2, 0.25) is 0 Å². The first-order valence-electron chi connectivity index (χ1n) is 9.88. The van der Waals surface area contributed by atoms with Gasteiger partial charge in [0, 0.05) is 19.1 Å². The van der Waals surface area contributed by atoms with Crippen LogP contribution in [0.4, 0.5) is 0 Å². The minimum atomic E-state index is 0.250. The molecule has 0 bridgehead atoms. The largest absolute Gasteiger partial charge is 0.329 e. The van der Waals surface area contributed by atoms with Gasteiger partial charge in [0.15, 0.2) is 0 Å². The number of nitrogens with one attached hydrogen (secondary N) is 1. The fourth-order valence-electron chi connectivity index (χ4n) is 3.68. The summed E-state index contributed by atoms with van der Waals surface area (Å²) < 4.78 is 0. The van der Waals surface area contributed by atoms with Gasteiger partial charge in [-0.05, 0) is 39.4 Å². The molecule has 0 spiro atoms. The van der Waals surface area contributed by atoms with Crippen molar-refractivity contribution in [2.24, 2.45) is 5.73 Å². The highest BCUT2D eigenvalue weighted by molar-refractivity contribution is 5.85. The van der Waals surface area contributed by atoms with Gasteiger partial charge in [-0.2, -0.15) is 0 Å². The number of benzene rings is 4. The van der Waals surface area contributed by atoms with Crippen LogP contribution in [0.25, 0.3) is 21.9 Å². The van der Waals surface area contributed by atoms with E-state index in [-0.39, 0.29) is 6.04 Å². The minimum Gasteiger partial charge on any atom is -0.329 e. The Kier molecular flexibility index (Phi) is 5.81. The molecule has 2 nitrogen and oxygen atoms in total. The maximum atomic E-state index is 6.07. The normalized spacial score (nSPS) is 12.2. The van der Waals surface area contributed by atoms with Crippen molar-refractivity contribution in [3.63, 3.8) is 0 Å². The first-order valence-corrected chi connectivity index (χ1v) is 9.88. The Labute approximate surface area is 167 Å². The van der Waals surface area contributed by atoms with Crippen LogP contribution in [0.3, 0.4) is 0 Å². The zero-order valence-corrected chi connectivity index (χ0v) is 16.0. The van der Waals surface area contributed by atoms with E-state index in [1.807, 2.05) is 6.07 Å². The molecule has 1 unspecified atom stereocenters. The zero-order valence-electron chi connectivity index (χ0n) is 16.0. The van der Waals surface area contributed by atoms with Crippen LogP contribution in [-0.2, 0) is 13.0 Å². The van der Waals surface area contributed by atoms with Crippen molar-refractivity contribution in [1.82, 2.24) is 5.32 Å². The van der Waals surface area contributed by atoms with Crippen molar-refractivity contribution in [3.05, 3.63) is 108 Å². The highest BCUT2D eigenvalue weighted by Crippen LogP contribution is 2.21. The van der Waals surface area contributed by atoms with Gasteiger partial charge in [0.1, 0.15) is 0 Å². The van der Waals surface area contributed by atoms with Gasteiger partial charge in [0.05, 0.1) is 0 Å². The molecule has 0 aromatic heterocycles. The average molecular weight is 367 g/mol. The molecule has 0 aliphatic heterocycles. The number of rotatable bonds is 7. The van der Waals surface area contributed by atoms with Gasteiger partial charge in [-0.25, -0.2) is 0 Å². The van der Waals surface area contributed by atoms with E-state index in [2.05, 4.69) is 96.3 Å². The zero-order chi connectivity index (χ0) is 19.2. The van der Waals surface area contributed by atoms with E-state index in [1.165, 1.54) is 33.0 Å². The molecule has 0 heterocycles. The summed E-state index contributed by atoms with van der Waals surface area (Å²) in [6.45, 7) is 1.44. The van der Waals surface area contributed by atoms with Crippen LogP contribution in [0.5, 0.6) is 0 Å². The van der Waals surface area contributed by atoms with Crippen LogP contribution >= 0.6 is 0 Å². The van der Waals surface area contributed by atoms with E-state index in [0.717, 1.165) is 13.0 Å². The maximum absolute atomic E-state index is 6.07. The topological polar surface area (TPSA) is 38.0 Å². The lowest BCUT2D eigenvalue weighted by Gasteiger charge is -2.18. The van der Waals surface area contributed by atoms with Gasteiger partial charge in [-0.3, -0.25) is 0 Å². The molecule has 28 heavy (non-hydrogen) atoms. The number of fused-ring (bicyclic) bond motifs is 1. The molecule has 0 aliphatic carbocycles. The van der Waals surface area contributed by atoms with E-state index in [1.54, 1.807) is 0 Å². The minimum absolute atomic E-state index is 0.250. The Balaban J connectivity index is 1.41. The number of hydrogen-bond acceptors (Lipinski definition) is 2. The Bertz CT molecular complexity index is 1020. The van der Waals surface area contributed by atoms with Crippen molar-refractivity contribution in [1.29, 1.82) is 0 Å². The average Bonchev–Trinajstić information content (AvgIpc) is 2.77. The lowest BCUT2D eigenvalue weighted by atomic mass is 9.98. The second-order valence-corrected chi connectivity index (χ2v) is 7.22. The van der Waals surface area contributed by atoms with Crippen molar-refractivity contribution >= 4 is 10.8 Å². The van der Waals surface area contributed by atoms with Crippen molar-refractivity contribution in [2.75, 3.05) is 6.54 Å². The van der Waals surface area contributed by atoms with Gasteiger partial charge in [-0.1, -0.05) is 97.1 Å². The van der Waals surface area contributed by atoms with E-state index < -0.39 is 0 Å². The molecule has 0 saturated carbocycles. The molecule has 4 aromatic carbocycles. The molecule has 0 amide bonds. The molecule has 4 rings (SSSR count). The summed E-state index contributed by atoms with van der Waals surface area (Å²) in [4.78, 5) is 0. The van der Waals surface area contributed by atoms with Crippen LogP contribution in [0.1, 0.15) is 11.1 Å². The molecule has 4 aromatic rings. The Hall–Kier alpha value is -2.94. The van der Waals surface area contributed by atoms with Gasteiger partial charge in [0.25, 0.3) is 0 Å². The van der Waals surface area contributed by atoms with Gasteiger partial charge in [0.2, 0.25) is 0 Å². The maximum Gasteiger partial charge on any atom is 0.0234 e. The Morgan fingerprint density at radius 1 is 0.679 bits per heavy atom. The van der Waals surface area contributed by atoms with E-state index in [0.29, 0.717) is 6.54 Å². The fourth-order valence-corrected chi connectivity index (χ4v) is 3.68. The SMILES string of the molecule is NCC(Cc1cccc2ccccc12)NCc1ccc(-c2ccccc2)cc1. The monoisotopic (exact) mass is 366 g/mol. The molecular formula is C26H26N2. The number of nitrogens with two attached hydrogens (primary N) is 1. The molecule has 0 fully saturated rings. The first kappa shape index (κ1) is 18.4. The molecular weight excluding hydrogens is 340 g/mol. The van der Waals surface area contributed by atoms with Gasteiger partial charge < -0.3 is 11.1 Å². The van der Waals surface area contributed by atoms with E-state index in [9.17, 15) is 0 Å². The molecule has 3 N–H and O–H groups in total. The lowest BCUT2D eigenvalue weighted by molar-refractivity contribution is 0.517. The third-order valence-electron chi connectivity index (χ3n) is 5.29. The smallest absolute Gasteiger partial charge is 0.0234 e. The third-order valence-corrected chi connectivity index (χ3v) is 5.29. The second-order valence-electron chi connectivity index (χ2n) is 7.22. The predicted molar refractivity (Wildman–Crippen MR) is 119 cm³/mol. The highest BCUT2D eigenvalue weighted by Gasteiger charge is 2.10. The van der Waals surface area contributed by atoms with Crippen molar-refractivity contribution in [3.8, 4) is 11.1 Å². The summed E-state index contributed by atoms with van der Waals surface area (Å²) in [6.07, 6.45) is 0.931. The fraction of sp³-hybridized carbons (Fsp3) is 0.154. The summed E-state index contributed by atoms with van der Waals surface area (Å²) in [6, 6.07) is 34.5. The molecule has 2 heteroatoms. The molecule has 140 valence electrons. The summed E-state index contributed by atoms with van der Waals surface area (Å²) >= 11 is 0. The first-order chi connectivity index (χ1) is 13.8. The standard InChI is InChI=1S/C26H26N2/c27-18-25(17-24-11-6-10-23-9-4-5-12-26(23)24)28-19-20-13-15-22(16-14-20)21-7-2-1-3-8-21/h1-16,25,28H,17-19,27H2. The van der Waals surface area contributed by atoms with E-state index in [4.69, 9.17) is 5.73 Å².